The highest BCUT2D eigenvalue weighted by Crippen LogP contribution is 2.24. The molecule has 0 unspecified atom stereocenters. The Labute approximate surface area is 157 Å². The predicted octanol–water partition coefficient (Wildman–Crippen LogP) is 3.91. The summed E-state index contributed by atoms with van der Waals surface area (Å²) < 4.78 is 1.81. The van der Waals surface area contributed by atoms with E-state index in [9.17, 15) is 4.79 Å². The SMILES string of the molecule is Cc1nn(C)c(C)c1CC(=O)Nc1ccc(SCc2cccnc2)cc1. The maximum Gasteiger partial charge on any atom is 0.228 e. The lowest BCUT2D eigenvalue weighted by atomic mass is 10.1. The van der Waals surface area contributed by atoms with Crippen molar-refractivity contribution in [2.45, 2.75) is 30.9 Å². The topological polar surface area (TPSA) is 59.8 Å². The van der Waals surface area contributed by atoms with Crippen molar-refractivity contribution in [3.05, 3.63) is 71.3 Å². The van der Waals surface area contributed by atoms with Gasteiger partial charge >= 0.3 is 0 Å². The smallest absolute Gasteiger partial charge is 0.228 e. The fourth-order valence-electron chi connectivity index (χ4n) is 2.72. The molecule has 0 bridgehead atoms. The van der Waals surface area contributed by atoms with Crippen LogP contribution in [0.2, 0.25) is 0 Å². The third-order valence-corrected chi connectivity index (χ3v) is 5.35. The number of amides is 1. The summed E-state index contributed by atoms with van der Waals surface area (Å²) in [4.78, 5) is 17.6. The van der Waals surface area contributed by atoms with Crippen LogP contribution in [-0.2, 0) is 24.0 Å². The van der Waals surface area contributed by atoms with Crippen LogP contribution < -0.4 is 5.32 Å². The Kier molecular flexibility index (Phi) is 5.73. The van der Waals surface area contributed by atoms with E-state index in [2.05, 4.69) is 21.5 Å². The molecular weight excluding hydrogens is 344 g/mol. The number of nitrogens with zero attached hydrogens (tertiary/aromatic N) is 3. The van der Waals surface area contributed by atoms with E-state index in [0.29, 0.717) is 6.42 Å². The first-order chi connectivity index (χ1) is 12.5. The first kappa shape index (κ1) is 18.2. The second-order valence-electron chi connectivity index (χ2n) is 6.17. The average Bonchev–Trinajstić information content (AvgIpc) is 2.88. The molecule has 134 valence electrons. The highest BCUT2D eigenvalue weighted by molar-refractivity contribution is 7.98. The Morgan fingerprint density at radius 3 is 2.58 bits per heavy atom. The van der Waals surface area contributed by atoms with Gasteiger partial charge in [0, 0.05) is 47.0 Å². The minimum absolute atomic E-state index is 0.0278. The van der Waals surface area contributed by atoms with Crippen LogP contribution in [0.4, 0.5) is 5.69 Å². The number of aromatic nitrogens is 3. The summed E-state index contributed by atoms with van der Waals surface area (Å²) >= 11 is 1.75. The van der Waals surface area contributed by atoms with Crippen LogP contribution in [0.5, 0.6) is 0 Å². The first-order valence-corrected chi connectivity index (χ1v) is 9.42. The third kappa shape index (κ3) is 4.52. The second-order valence-corrected chi connectivity index (χ2v) is 7.22. The molecule has 1 N–H and O–H groups in total. The van der Waals surface area contributed by atoms with E-state index in [1.54, 1.807) is 18.0 Å². The van der Waals surface area contributed by atoms with Crippen molar-refractivity contribution >= 4 is 23.4 Å². The largest absolute Gasteiger partial charge is 0.326 e. The van der Waals surface area contributed by atoms with E-state index in [0.717, 1.165) is 33.3 Å². The van der Waals surface area contributed by atoms with Crippen LogP contribution >= 0.6 is 11.8 Å². The maximum absolute atomic E-state index is 12.3. The van der Waals surface area contributed by atoms with Gasteiger partial charge < -0.3 is 5.32 Å². The molecule has 2 heterocycles. The Morgan fingerprint density at radius 2 is 1.96 bits per heavy atom. The zero-order valence-electron chi connectivity index (χ0n) is 15.2. The van der Waals surface area contributed by atoms with Crippen molar-refractivity contribution in [3.63, 3.8) is 0 Å². The summed E-state index contributed by atoms with van der Waals surface area (Å²) in [7, 11) is 1.89. The van der Waals surface area contributed by atoms with E-state index in [-0.39, 0.29) is 5.91 Å². The average molecular weight is 366 g/mol. The van der Waals surface area contributed by atoms with Crippen molar-refractivity contribution in [1.29, 1.82) is 0 Å². The molecule has 0 radical (unpaired) electrons. The molecular formula is C20H22N4OS. The van der Waals surface area contributed by atoms with Gasteiger partial charge in [0.05, 0.1) is 12.1 Å². The fourth-order valence-corrected chi connectivity index (χ4v) is 3.56. The zero-order chi connectivity index (χ0) is 18.5. The number of anilines is 1. The number of pyridine rings is 1. The van der Waals surface area contributed by atoms with Crippen LogP contribution in [-0.4, -0.2) is 20.7 Å². The summed E-state index contributed by atoms with van der Waals surface area (Å²) in [5, 5.41) is 7.32. The van der Waals surface area contributed by atoms with Crippen molar-refractivity contribution < 1.29 is 4.79 Å². The molecule has 26 heavy (non-hydrogen) atoms. The van der Waals surface area contributed by atoms with E-state index in [1.165, 1.54) is 5.56 Å². The summed E-state index contributed by atoms with van der Waals surface area (Å²) in [5.74, 6) is 0.846. The van der Waals surface area contributed by atoms with Gasteiger partial charge in [-0.3, -0.25) is 14.5 Å². The molecule has 1 amide bonds. The Hall–Kier alpha value is -2.60. The molecule has 0 aliphatic rings. The Balaban J connectivity index is 1.56. The van der Waals surface area contributed by atoms with Crippen LogP contribution in [0.3, 0.4) is 0 Å². The highest BCUT2D eigenvalue weighted by Gasteiger charge is 2.13. The monoisotopic (exact) mass is 366 g/mol. The molecule has 0 spiro atoms. The number of rotatable bonds is 6. The number of carbonyl (C=O) groups is 1. The summed E-state index contributed by atoms with van der Waals surface area (Å²) in [6.07, 6.45) is 3.99. The lowest BCUT2D eigenvalue weighted by molar-refractivity contribution is -0.115. The Morgan fingerprint density at radius 1 is 1.19 bits per heavy atom. The number of carbonyl (C=O) groups excluding carboxylic acids is 1. The molecule has 0 saturated heterocycles. The van der Waals surface area contributed by atoms with Crippen molar-refractivity contribution in [1.82, 2.24) is 14.8 Å². The van der Waals surface area contributed by atoms with Crippen LogP contribution in [0.15, 0.2) is 53.7 Å². The molecule has 3 aromatic rings. The van der Waals surface area contributed by atoms with E-state index < -0.39 is 0 Å². The van der Waals surface area contributed by atoms with Gasteiger partial charge in [0.1, 0.15) is 0 Å². The number of nitrogens with one attached hydrogen (secondary N) is 1. The van der Waals surface area contributed by atoms with Crippen molar-refractivity contribution in [3.8, 4) is 0 Å². The van der Waals surface area contributed by atoms with Gasteiger partial charge in [-0.2, -0.15) is 5.10 Å². The number of aryl methyl sites for hydroxylation is 2. The zero-order valence-corrected chi connectivity index (χ0v) is 16.0. The molecule has 3 rings (SSSR count). The van der Waals surface area contributed by atoms with Gasteiger partial charge in [-0.25, -0.2) is 0 Å². The van der Waals surface area contributed by atoms with Gasteiger partial charge in [-0.1, -0.05) is 6.07 Å². The second kappa shape index (κ2) is 8.19. The standard InChI is InChI=1S/C20H22N4OS/c1-14-19(15(2)24(3)23-14)11-20(25)22-17-6-8-18(9-7-17)26-13-16-5-4-10-21-12-16/h4-10,12H,11,13H2,1-3H3,(H,22,25). The number of benzene rings is 1. The normalized spacial score (nSPS) is 10.7. The number of thioether (sulfide) groups is 1. The first-order valence-electron chi connectivity index (χ1n) is 8.43. The van der Waals surface area contributed by atoms with E-state index >= 15 is 0 Å². The molecule has 0 aliphatic heterocycles. The van der Waals surface area contributed by atoms with Crippen LogP contribution in [0, 0.1) is 13.8 Å². The minimum Gasteiger partial charge on any atom is -0.326 e. The van der Waals surface area contributed by atoms with Crippen molar-refractivity contribution in [2.24, 2.45) is 7.05 Å². The van der Waals surface area contributed by atoms with E-state index in [4.69, 9.17) is 0 Å². The molecule has 6 heteroatoms. The summed E-state index contributed by atoms with van der Waals surface area (Å²) in [6.45, 7) is 3.92. The minimum atomic E-state index is -0.0278. The molecule has 0 aliphatic carbocycles. The van der Waals surface area contributed by atoms with Gasteiger partial charge in [0.25, 0.3) is 0 Å². The maximum atomic E-state index is 12.3. The fraction of sp³-hybridized carbons (Fsp3) is 0.250. The molecule has 1 aromatic carbocycles. The van der Waals surface area contributed by atoms with Crippen LogP contribution in [0.25, 0.3) is 0 Å². The molecule has 2 aromatic heterocycles. The van der Waals surface area contributed by atoms with Crippen LogP contribution in [0.1, 0.15) is 22.5 Å². The predicted molar refractivity (Wildman–Crippen MR) is 105 cm³/mol. The van der Waals surface area contributed by atoms with Gasteiger partial charge in [-0.05, 0) is 49.7 Å². The highest BCUT2D eigenvalue weighted by atomic mass is 32.2. The molecule has 0 fully saturated rings. The van der Waals surface area contributed by atoms with Gasteiger partial charge in [-0.15, -0.1) is 11.8 Å². The molecule has 0 saturated carbocycles. The van der Waals surface area contributed by atoms with Gasteiger partial charge in [0.2, 0.25) is 5.91 Å². The Bertz CT molecular complexity index is 888. The summed E-state index contributed by atoms with van der Waals surface area (Å²) in [6, 6.07) is 11.9. The lowest BCUT2D eigenvalue weighted by Gasteiger charge is -2.07. The van der Waals surface area contributed by atoms with Gasteiger partial charge in [0.15, 0.2) is 0 Å². The van der Waals surface area contributed by atoms with E-state index in [1.807, 2.05) is 62.1 Å². The number of hydrogen-bond donors (Lipinski definition) is 1. The molecule has 5 nitrogen and oxygen atoms in total. The lowest BCUT2D eigenvalue weighted by Crippen LogP contribution is -2.15. The molecule has 0 atom stereocenters. The number of hydrogen-bond acceptors (Lipinski definition) is 4. The quantitative estimate of drug-likeness (QED) is 0.672. The summed E-state index contributed by atoms with van der Waals surface area (Å²) in [5.41, 5.74) is 4.92. The third-order valence-electron chi connectivity index (χ3n) is 4.26. The van der Waals surface area contributed by atoms with Crippen molar-refractivity contribution in [2.75, 3.05) is 5.32 Å².